The molecule has 0 aliphatic heterocycles. The van der Waals surface area contributed by atoms with Crippen LogP contribution in [0.15, 0.2) is 66.7 Å². The van der Waals surface area contributed by atoms with Crippen LogP contribution in [0.5, 0.6) is 11.5 Å². The number of nitrogens with zero attached hydrogens (tertiary/aromatic N) is 1. The predicted molar refractivity (Wildman–Crippen MR) is 132 cm³/mol. The number of carbonyl (C=O) groups excluding carboxylic acids is 2. The highest BCUT2D eigenvalue weighted by Gasteiger charge is 2.15. The van der Waals surface area contributed by atoms with Crippen LogP contribution in [-0.2, 0) is 10.5 Å². The Bertz CT molecular complexity index is 1170. The highest BCUT2D eigenvalue weighted by atomic mass is 32.2. The van der Waals surface area contributed by atoms with Crippen LogP contribution in [0.25, 0.3) is 0 Å². The molecule has 34 heavy (non-hydrogen) atoms. The molecule has 0 saturated heterocycles. The van der Waals surface area contributed by atoms with Gasteiger partial charge in [-0.05, 0) is 60.2 Å². The summed E-state index contributed by atoms with van der Waals surface area (Å²) in [4.78, 5) is 35.3. The number of nitrogens with one attached hydrogen (secondary N) is 2. The van der Waals surface area contributed by atoms with Crippen molar-refractivity contribution in [2.24, 2.45) is 0 Å². The number of methoxy groups -OCH3 is 2. The highest BCUT2D eigenvalue weighted by Crippen LogP contribution is 2.29. The van der Waals surface area contributed by atoms with Gasteiger partial charge in [0.15, 0.2) is 5.75 Å². The number of carbonyl (C=O) groups is 2. The minimum atomic E-state index is -0.499. The molecule has 3 aromatic carbocycles. The van der Waals surface area contributed by atoms with Gasteiger partial charge in [0.25, 0.3) is 5.91 Å². The molecule has 9 nitrogen and oxygen atoms in total. The second-order valence-corrected chi connectivity index (χ2v) is 8.05. The number of benzene rings is 3. The maximum absolute atomic E-state index is 12.4. The first-order valence-electron chi connectivity index (χ1n) is 10.1. The maximum Gasteiger partial charge on any atom is 0.311 e. The molecule has 2 N–H and O–H groups in total. The Hall–Kier alpha value is -4.05. The number of nitro benzene ring substituents is 1. The number of ether oxygens (including phenoxy) is 2. The molecule has 0 aliphatic rings. The lowest BCUT2D eigenvalue weighted by Gasteiger charge is -2.08. The fraction of sp³-hybridized carbons (Fsp3) is 0.167. The lowest BCUT2D eigenvalue weighted by atomic mass is 10.2. The lowest BCUT2D eigenvalue weighted by molar-refractivity contribution is -0.385. The quantitative estimate of drug-likeness (QED) is 0.317. The van der Waals surface area contributed by atoms with Gasteiger partial charge in [0.2, 0.25) is 5.91 Å². The minimum absolute atomic E-state index is 0.110. The molecule has 0 atom stereocenters. The summed E-state index contributed by atoms with van der Waals surface area (Å²) in [6, 6.07) is 18.3. The van der Waals surface area contributed by atoms with Gasteiger partial charge in [-0.2, -0.15) is 0 Å². The van der Waals surface area contributed by atoms with Crippen molar-refractivity contribution >= 4 is 40.6 Å². The molecular weight excluding hydrogens is 458 g/mol. The topological polar surface area (TPSA) is 120 Å². The Morgan fingerprint density at radius 1 is 0.912 bits per heavy atom. The number of rotatable bonds is 10. The second kappa shape index (κ2) is 11.7. The number of hydrogen-bond donors (Lipinski definition) is 2. The van der Waals surface area contributed by atoms with E-state index in [9.17, 15) is 19.7 Å². The molecule has 0 fully saturated rings. The van der Waals surface area contributed by atoms with Gasteiger partial charge >= 0.3 is 5.69 Å². The summed E-state index contributed by atoms with van der Waals surface area (Å²) in [6.07, 6.45) is 0. The van der Waals surface area contributed by atoms with E-state index in [1.807, 2.05) is 0 Å². The van der Waals surface area contributed by atoms with Crippen LogP contribution in [0.3, 0.4) is 0 Å². The van der Waals surface area contributed by atoms with E-state index in [0.29, 0.717) is 28.4 Å². The number of hydrogen-bond acceptors (Lipinski definition) is 7. The molecule has 176 valence electrons. The van der Waals surface area contributed by atoms with Gasteiger partial charge in [0.05, 0.1) is 24.9 Å². The van der Waals surface area contributed by atoms with Crippen molar-refractivity contribution in [2.45, 2.75) is 5.75 Å². The summed E-state index contributed by atoms with van der Waals surface area (Å²) < 4.78 is 10.1. The molecule has 3 aromatic rings. The largest absolute Gasteiger partial charge is 0.497 e. The number of nitro groups is 1. The van der Waals surface area contributed by atoms with E-state index in [1.54, 1.807) is 67.8 Å². The van der Waals surface area contributed by atoms with Gasteiger partial charge in [-0.15, -0.1) is 11.8 Å². The Kier molecular flexibility index (Phi) is 8.47. The van der Waals surface area contributed by atoms with E-state index in [0.717, 1.165) is 5.56 Å². The van der Waals surface area contributed by atoms with E-state index >= 15 is 0 Å². The maximum atomic E-state index is 12.4. The Labute approximate surface area is 200 Å². The third-order valence-electron chi connectivity index (χ3n) is 4.72. The SMILES string of the molecule is COc1ccc(NC(=O)c2ccc(NC(=O)CSCc3ccc(OC)c([N+](=O)[O-])c3)cc2)cc1. The van der Waals surface area contributed by atoms with Gasteiger partial charge < -0.3 is 20.1 Å². The predicted octanol–water partition coefficient (Wildman–Crippen LogP) is 4.74. The van der Waals surface area contributed by atoms with Crippen LogP contribution in [0.2, 0.25) is 0 Å². The number of amides is 2. The summed E-state index contributed by atoms with van der Waals surface area (Å²) in [5.74, 6) is 0.997. The lowest BCUT2D eigenvalue weighted by Crippen LogP contribution is -2.15. The van der Waals surface area contributed by atoms with Crippen molar-refractivity contribution in [1.82, 2.24) is 0 Å². The fourth-order valence-corrected chi connectivity index (χ4v) is 3.78. The standard InChI is InChI=1S/C24H23N3O6S/c1-32-20-10-8-19(9-11-20)26-24(29)17-4-6-18(7-5-17)25-23(28)15-34-14-16-3-12-22(33-2)21(13-16)27(30)31/h3-13H,14-15H2,1-2H3,(H,25,28)(H,26,29). The summed E-state index contributed by atoms with van der Waals surface area (Å²) in [6.45, 7) is 0. The summed E-state index contributed by atoms with van der Waals surface area (Å²) in [5, 5.41) is 16.7. The van der Waals surface area contributed by atoms with Gasteiger partial charge in [-0.25, -0.2) is 0 Å². The van der Waals surface area contributed by atoms with Crippen molar-refractivity contribution in [1.29, 1.82) is 0 Å². The van der Waals surface area contributed by atoms with E-state index in [2.05, 4.69) is 10.6 Å². The number of thioether (sulfide) groups is 1. The van der Waals surface area contributed by atoms with Crippen LogP contribution < -0.4 is 20.1 Å². The molecule has 3 rings (SSSR count). The number of anilines is 2. The summed E-state index contributed by atoms with van der Waals surface area (Å²) in [7, 11) is 2.95. The molecule has 0 aliphatic carbocycles. The molecular formula is C24H23N3O6S. The van der Waals surface area contributed by atoms with Gasteiger partial charge in [-0.3, -0.25) is 19.7 Å². The van der Waals surface area contributed by atoms with Crippen molar-refractivity contribution in [2.75, 3.05) is 30.6 Å². The molecule has 10 heteroatoms. The van der Waals surface area contributed by atoms with Crippen molar-refractivity contribution in [3.05, 3.63) is 88.0 Å². The van der Waals surface area contributed by atoms with Gasteiger partial charge in [0.1, 0.15) is 5.75 Å². The van der Waals surface area contributed by atoms with E-state index in [-0.39, 0.29) is 29.0 Å². The van der Waals surface area contributed by atoms with E-state index in [4.69, 9.17) is 9.47 Å². The first kappa shape index (κ1) is 24.6. The molecule has 2 amide bonds. The van der Waals surface area contributed by atoms with Crippen LogP contribution in [0, 0.1) is 10.1 Å². The molecule has 0 spiro atoms. The van der Waals surface area contributed by atoms with E-state index in [1.165, 1.54) is 24.9 Å². The molecule has 0 unspecified atom stereocenters. The van der Waals surface area contributed by atoms with Crippen LogP contribution in [0.4, 0.5) is 17.1 Å². The molecule has 0 saturated carbocycles. The minimum Gasteiger partial charge on any atom is -0.497 e. The van der Waals surface area contributed by atoms with Crippen molar-refractivity contribution in [3.63, 3.8) is 0 Å². The molecule has 0 radical (unpaired) electrons. The zero-order chi connectivity index (χ0) is 24.5. The third-order valence-corrected chi connectivity index (χ3v) is 5.72. The Morgan fingerprint density at radius 3 is 2.18 bits per heavy atom. The Morgan fingerprint density at radius 2 is 1.56 bits per heavy atom. The smallest absolute Gasteiger partial charge is 0.311 e. The van der Waals surface area contributed by atoms with Gasteiger partial charge in [-0.1, -0.05) is 6.07 Å². The summed E-state index contributed by atoms with van der Waals surface area (Å²) >= 11 is 1.33. The zero-order valence-corrected chi connectivity index (χ0v) is 19.4. The van der Waals surface area contributed by atoms with Gasteiger partial charge in [0, 0.05) is 28.8 Å². The summed E-state index contributed by atoms with van der Waals surface area (Å²) in [5.41, 5.74) is 2.26. The van der Waals surface area contributed by atoms with Crippen LogP contribution in [-0.4, -0.2) is 36.7 Å². The third kappa shape index (κ3) is 6.72. The molecule has 0 bridgehead atoms. The normalized spacial score (nSPS) is 10.3. The van der Waals surface area contributed by atoms with Crippen LogP contribution >= 0.6 is 11.8 Å². The monoisotopic (exact) mass is 481 g/mol. The van der Waals surface area contributed by atoms with Crippen LogP contribution in [0.1, 0.15) is 15.9 Å². The van der Waals surface area contributed by atoms with E-state index < -0.39 is 4.92 Å². The highest BCUT2D eigenvalue weighted by molar-refractivity contribution is 7.99. The Balaban J connectivity index is 1.48. The first-order chi connectivity index (χ1) is 16.4. The molecule has 0 heterocycles. The van der Waals surface area contributed by atoms with Crippen molar-refractivity contribution < 1.29 is 24.0 Å². The second-order valence-electron chi connectivity index (χ2n) is 7.06. The fourth-order valence-electron chi connectivity index (χ4n) is 3.01. The average Bonchev–Trinajstić information content (AvgIpc) is 2.84. The molecule has 0 aromatic heterocycles. The zero-order valence-electron chi connectivity index (χ0n) is 18.6. The van der Waals surface area contributed by atoms with Crippen molar-refractivity contribution in [3.8, 4) is 11.5 Å². The average molecular weight is 482 g/mol. The first-order valence-corrected chi connectivity index (χ1v) is 11.3.